The van der Waals surface area contributed by atoms with E-state index in [1.165, 1.54) is 6.20 Å². The third-order valence-corrected chi connectivity index (χ3v) is 3.18. The van der Waals surface area contributed by atoms with E-state index in [0.717, 1.165) is 0 Å². The van der Waals surface area contributed by atoms with Crippen molar-refractivity contribution in [2.75, 3.05) is 0 Å². The topological polar surface area (TPSA) is 69.2 Å². The van der Waals surface area contributed by atoms with Crippen molar-refractivity contribution >= 4 is 5.78 Å². The van der Waals surface area contributed by atoms with Crippen molar-refractivity contribution in [1.29, 1.82) is 0 Å². The van der Waals surface area contributed by atoms with Gasteiger partial charge in [0.05, 0.1) is 0 Å². The molecule has 0 fully saturated rings. The number of benzene rings is 2. The van der Waals surface area contributed by atoms with E-state index in [1.807, 2.05) is 6.07 Å². The van der Waals surface area contributed by atoms with E-state index in [4.69, 9.17) is 0 Å². The van der Waals surface area contributed by atoms with Crippen LogP contribution in [0.5, 0.6) is 0 Å². The molecule has 1 aromatic heterocycles. The lowest BCUT2D eigenvalue weighted by molar-refractivity contribution is -0.597. The lowest BCUT2D eigenvalue weighted by Gasteiger charge is -2.05. The molecular weight excluding hydrogens is 268 g/mol. The molecule has 5 nitrogen and oxygen atoms in total. The highest BCUT2D eigenvalue weighted by Gasteiger charge is 2.28. The van der Waals surface area contributed by atoms with Gasteiger partial charge in [0.2, 0.25) is 0 Å². The van der Waals surface area contributed by atoms with Crippen LogP contribution in [0.3, 0.4) is 0 Å². The summed E-state index contributed by atoms with van der Waals surface area (Å²) in [5.41, 5.74) is 1.19. The molecule has 3 rings (SSSR count). The second-order valence-corrected chi connectivity index (χ2v) is 4.54. The van der Waals surface area contributed by atoms with Gasteiger partial charge in [-0.15, -0.1) is 0 Å². The van der Waals surface area contributed by atoms with Crippen LogP contribution in [0.2, 0.25) is 0 Å². The molecule has 5 heteroatoms. The monoisotopic (exact) mass is 280 g/mol. The second-order valence-electron chi connectivity index (χ2n) is 4.54. The molecular formula is C16H12N2O3. The normalized spacial score (nSPS) is 10.5. The summed E-state index contributed by atoms with van der Waals surface area (Å²) in [4.78, 5) is 12.3. The van der Waals surface area contributed by atoms with Crippen molar-refractivity contribution in [2.24, 2.45) is 0 Å². The van der Waals surface area contributed by atoms with Gasteiger partial charge in [-0.05, 0) is 4.73 Å². The van der Waals surface area contributed by atoms with E-state index in [-0.39, 0.29) is 11.5 Å². The Kier molecular flexibility index (Phi) is 3.16. The van der Waals surface area contributed by atoms with E-state index in [1.54, 1.807) is 54.6 Å². The Labute approximate surface area is 120 Å². The third kappa shape index (κ3) is 2.25. The van der Waals surface area contributed by atoms with Gasteiger partial charge >= 0.3 is 5.82 Å². The molecule has 0 bridgehead atoms. The van der Waals surface area contributed by atoms with Crippen LogP contribution in [0, 0.1) is 5.21 Å². The molecule has 0 aliphatic carbocycles. The number of imidazole rings is 1. The minimum Gasteiger partial charge on any atom is -0.710 e. The van der Waals surface area contributed by atoms with E-state index < -0.39 is 5.78 Å². The van der Waals surface area contributed by atoms with Crippen molar-refractivity contribution in [2.45, 2.75) is 0 Å². The Hall–Kier alpha value is -3.08. The summed E-state index contributed by atoms with van der Waals surface area (Å²) in [6, 6.07) is 17.2. The Morgan fingerprint density at radius 3 is 2.19 bits per heavy atom. The van der Waals surface area contributed by atoms with Crippen molar-refractivity contribution in [3.05, 3.63) is 83.5 Å². The lowest BCUT2D eigenvalue weighted by Crippen LogP contribution is -2.36. The van der Waals surface area contributed by atoms with Crippen LogP contribution in [-0.2, 0) is 0 Å². The van der Waals surface area contributed by atoms with Gasteiger partial charge in [-0.1, -0.05) is 60.7 Å². The van der Waals surface area contributed by atoms with Crippen LogP contribution in [0.25, 0.3) is 11.3 Å². The molecule has 2 aromatic carbocycles. The second kappa shape index (κ2) is 5.13. The summed E-state index contributed by atoms with van der Waals surface area (Å²) in [5, 5.41) is 22.2. The molecule has 0 amide bonds. The summed E-state index contributed by atoms with van der Waals surface area (Å²) in [6.07, 6.45) is 1.23. The molecule has 0 radical (unpaired) electrons. The molecule has 0 saturated carbocycles. The Morgan fingerprint density at radius 1 is 1.00 bits per heavy atom. The fourth-order valence-corrected chi connectivity index (χ4v) is 2.15. The van der Waals surface area contributed by atoms with Gasteiger partial charge in [-0.2, -0.15) is 0 Å². The highest BCUT2D eigenvalue weighted by molar-refractivity contribution is 6.05. The molecule has 0 spiro atoms. The minimum atomic E-state index is -0.532. The average Bonchev–Trinajstić information content (AvgIpc) is 2.83. The summed E-state index contributed by atoms with van der Waals surface area (Å²) in [7, 11) is 0. The maximum atomic E-state index is 12.3. The largest absolute Gasteiger partial charge is 0.710 e. The Morgan fingerprint density at radius 2 is 1.57 bits per heavy atom. The number of hydrogen-bond donors (Lipinski definition) is 1. The van der Waals surface area contributed by atoms with E-state index in [0.29, 0.717) is 20.6 Å². The van der Waals surface area contributed by atoms with E-state index >= 15 is 0 Å². The zero-order valence-electron chi connectivity index (χ0n) is 11.0. The molecule has 104 valence electrons. The lowest BCUT2D eigenvalue weighted by atomic mass is 10.1. The standard InChI is InChI=1S/C16H12N2O3/c19-15(13-9-5-2-6-10-13)16-17(20)11-14(18(16)21)12-7-3-1-4-8-12/h1-11,20H. The van der Waals surface area contributed by atoms with Gasteiger partial charge in [0.25, 0.3) is 5.78 Å². The molecule has 0 aliphatic rings. The van der Waals surface area contributed by atoms with E-state index in [9.17, 15) is 15.2 Å². The molecule has 1 heterocycles. The minimum absolute atomic E-state index is 0.220. The first-order valence-corrected chi connectivity index (χ1v) is 6.38. The predicted octanol–water partition coefficient (Wildman–Crippen LogP) is 2.26. The zero-order valence-corrected chi connectivity index (χ0v) is 11.0. The zero-order chi connectivity index (χ0) is 14.8. The van der Waals surface area contributed by atoms with Gasteiger partial charge in [0, 0.05) is 11.1 Å². The fraction of sp³-hybridized carbons (Fsp3) is 0. The molecule has 0 aliphatic heterocycles. The van der Waals surface area contributed by atoms with Crippen LogP contribution in [0.1, 0.15) is 16.2 Å². The first-order valence-electron chi connectivity index (χ1n) is 6.38. The predicted molar refractivity (Wildman–Crippen MR) is 75.9 cm³/mol. The third-order valence-electron chi connectivity index (χ3n) is 3.18. The smallest absolute Gasteiger partial charge is 0.373 e. The Balaban J connectivity index is 2.09. The van der Waals surface area contributed by atoms with Crippen molar-refractivity contribution in [1.82, 2.24) is 4.73 Å². The first kappa shape index (κ1) is 12.9. The van der Waals surface area contributed by atoms with Gasteiger partial charge in [0.1, 0.15) is 0 Å². The number of hydrogen-bond acceptors (Lipinski definition) is 3. The Bertz CT molecular complexity index is 780. The van der Waals surface area contributed by atoms with Crippen molar-refractivity contribution in [3.8, 4) is 11.3 Å². The summed E-state index contributed by atoms with van der Waals surface area (Å²) in [5.74, 6) is -0.865. The summed E-state index contributed by atoms with van der Waals surface area (Å²) < 4.78 is 1.02. The maximum Gasteiger partial charge on any atom is 0.373 e. The molecule has 3 aromatic rings. The van der Waals surface area contributed by atoms with Crippen LogP contribution in [0.4, 0.5) is 0 Å². The van der Waals surface area contributed by atoms with Crippen LogP contribution in [-0.4, -0.2) is 15.7 Å². The van der Waals surface area contributed by atoms with Crippen molar-refractivity contribution < 1.29 is 14.7 Å². The highest BCUT2D eigenvalue weighted by atomic mass is 16.5. The van der Waals surface area contributed by atoms with Gasteiger partial charge in [0.15, 0.2) is 11.9 Å². The van der Waals surface area contributed by atoms with Gasteiger partial charge < -0.3 is 10.4 Å². The molecule has 1 N–H and O–H groups in total. The highest BCUT2D eigenvalue weighted by Crippen LogP contribution is 2.17. The number of nitrogens with zero attached hydrogens (tertiary/aromatic N) is 2. The molecule has 0 atom stereocenters. The van der Waals surface area contributed by atoms with Crippen LogP contribution < -0.4 is 4.73 Å². The quantitative estimate of drug-likeness (QED) is 0.346. The molecule has 0 unspecified atom stereocenters. The molecule has 21 heavy (non-hydrogen) atoms. The van der Waals surface area contributed by atoms with Crippen LogP contribution >= 0.6 is 0 Å². The van der Waals surface area contributed by atoms with Crippen LogP contribution in [0.15, 0.2) is 66.9 Å². The summed E-state index contributed by atoms with van der Waals surface area (Å²) in [6.45, 7) is 0. The SMILES string of the molecule is O=C(c1ccccc1)c1n(O)cc(-c2ccccc2)[n+]1[O-]. The number of aromatic nitrogens is 2. The van der Waals surface area contributed by atoms with Crippen molar-refractivity contribution in [3.63, 3.8) is 0 Å². The summed E-state index contributed by atoms with van der Waals surface area (Å²) >= 11 is 0. The first-order chi connectivity index (χ1) is 10.2. The number of rotatable bonds is 3. The average molecular weight is 280 g/mol. The van der Waals surface area contributed by atoms with Gasteiger partial charge in [-0.25, -0.2) is 4.73 Å². The number of ketones is 1. The number of carbonyl (C=O) groups is 1. The molecule has 0 saturated heterocycles. The van der Waals surface area contributed by atoms with E-state index in [2.05, 4.69) is 0 Å². The fourth-order valence-electron chi connectivity index (χ4n) is 2.15. The maximum absolute atomic E-state index is 12.3. The number of carbonyl (C=O) groups excluding carboxylic acids is 1. The van der Waals surface area contributed by atoms with Gasteiger partial charge in [-0.3, -0.25) is 4.79 Å².